The van der Waals surface area contributed by atoms with E-state index in [0.717, 1.165) is 54.6 Å². The smallest absolute Gasteiger partial charge is 0.253 e. The Hall–Kier alpha value is -3.19. The minimum Gasteiger partial charge on any atom is -0.348 e. The fourth-order valence-corrected chi connectivity index (χ4v) is 6.80. The van der Waals surface area contributed by atoms with E-state index in [1.54, 1.807) is 0 Å². The number of hydrogen-bond donors (Lipinski definition) is 1. The molecule has 2 aromatic heterocycles. The van der Waals surface area contributed by atoms with Crippen molar-refractivity contribution in [2.24, 2.45) is 0 Å². The highest BCUT2D eigenvalue weighted by molar-refractivity contribution is 7.18. The maximum atomic E-state index is 13.1. The summed E-state index contributed by atoms with van der Waals surface area (Å²) in [7, 11) is 0. The second-order valence-electron chi connectivity index (χ2n) is 10.0. The number of aryl methyl sites for hydroxylation is 1. The fourth-order valence-electron chi connectivity index (χ4n) is 5.46. The molecule has 1 fully saturated rings. The number of piperidine rings is 1. The predicted molar refractivity (Wildman–Crippen MR) is 157 cm³/mol. The summed E-state index contributed by atoms with van der Waals surface area (Å²) in [6.45, 7) is 4.58. The normalized spacial score (nSPS) is 14.9. The first-order valence-corrected chi connectivity index (χ1v) is 14.5. The van der Waals surface area contributed by atoms with Crippen LogP contribution in [-0.2, 0) is 13.1 Å². The topological polar surface area (TPSA) is 50.2 Å². The van der Waals surface area contributed by atoms with Gasteiger partial charge in [-0.05, 0) is 68.7 Å². The lowest BCUT2D eigenvalue weighted by molar-refractivity contribution is 0.0952. The van der Waals surface area contributed by atoms with Crippen molar-refractivity contribution in [3.05, 3.63) is 100 Å². The van der Waals surface area contributed by atoms with Crippen LogP contribution in [0, 0.1) is 0 Å². The quantitative estimate of drug-likeness (QED) is 0.227. The molecule has 5 nitrogen and oxygen atoms in total. The number of fused-ring (bicyclic) bond motifs is 2. The number of benzene rings is 3. The van der Waals surface area contributed by atoms with Crippen molar-refractivity contribution in [1.82, 2.24) is 19.8 Å². The van der Waals surface area contributed by atoms with Crippen LogP contribution in [0.5, 0.6) is 0 Å². The first-order chi connectivity index (χ1) is 18.7. The SMILES string of the molecule is O=C(NCc1ccccc1Cl)c1cn(CCCN2CCC(c3nc4ccccc4s3)CC2)c2ccccc12. The summed E-state index contributed by atoms with van der Waals surface area (Å²) in [6.07, 6.45) is 5.39. The molecule has 7 heteroatoms. The van der Waals surface area contributed by atoms with Crippen molar-refractivity contribution in [2.75, 3.05) is 19.6 Å². The summed E-state index contributed by atoms with van der Waals surface area (Å²) in [4.78, 5) is 20.6. The number of para-hydroxylation sites is 2. The molecule has 0 unspecified atom stereocenters. The zero-order chi connectivity index (χ0) is 25.9. The number of carbonyl (C=O) groups is 1. The second kappa shape index (κ2) is 11.3. The maximum absolute atomic E-state index is 13.1. The van der Waals surface area contributed by atoms with Gasteiger partial charge in [-0.15, -0.1) is 11.3 Å². The van der Waals surface area contributed by atoms with Gasteiger partial charge in [0.2, 0.25) is 0 Å². The first-order valence-electron chi connectivity index (χ1n) is 13.3. The number of nitrogens with one attached hydrogen (secondary N) is 1. The van der Waals surface area contributed by atoms with Gasteiger partial charge >= 0.3 is 0 Å². The van der Waals surface area contributed by atoms with Crippen LogP contribution >= 0.6 is 22.9 Å². The van der Waals surface area contributed by atoms with E-state index in [4.69, 9.17) is 16.6 Å². The standard InChI is InChI=1S/C31H31ClN4OS/c32-26-10-3-1-8-23(26)20-33-30(37)25-21-36(28-12-5-2-9-24(25)28)17-7-16-35-18-14-22(15-19-35)31-34-27-11-4-6-13-29(27)38-31/h1-6,8-13,21-22H,7,14-20H2,(H,33,37). The summed E-state index contributed by atoms with van der Waals surface area (Å²) in [5, 5.41) is 6.00. The van der Waals surface area contributed by atoms with E-state index in [0.29, 0.717) is 23.0 Å². The van der Waals surface area contributed by atoms with E-state index in [1.807, 2.05) is 60.0 Å². The number of rotatable bonds is 8. The second-order valence-corrected chi connectivity index (χ2v) is 11.5. The molecule has 0 radical (unpaired) electrons. The molecule has 1 aliphatic rings. The minimum atomic E-state index is -0.0724. The van der Waals surface area contributed by atoms with Crippen LogP contribution in [0.4, 0.5) is 0 Å². The highest BCUT2D eigenvalue weighted by Crippen LogP contribution is 2.34. The molecule has 1 aliphatic heterocycles. The van der Waals surface area contributed by atoms with Crippen molar-refractivity contribution in [3.8, 4) is 0 Å². The molecule has 0 bridgehead atoms. The Morgan fingerprint density at radius 3 is 2.58 bits per heavy atom. The van der Waals surface area contributed by atoms with Crippen LogP contribution in [0.15, 0.2) is 79.0 Å². The molecule has 3 aromatic carbocycles. The highest BCUT2D eigenvalue weighted by atomic mass is 35.5. The Morgan fingerprint density at radius 1 is 0.974 bits per heavy atom. The zero-order valence-electron chi connectivity index (χ0n) is 21.3. The summed E-state index contributed by atoms with van der Waals surface area (Å²) in [6, 6.07) is 24.2. The van der Waals surface area contributed by atoms with Gasteiger partial charge in [0, 0.05) is 41.1 Å². The molecule has 0 aliphatic carbocycles. The first kappa shape index (κ1) is 25.1. The van der Waals surface area contributed by atoms with Crippen molar-refractivity contribution in [3.63, 3.8) is 0 Å². The minimum absolute atomic E-state index is 0.0724. The van der Waals surface area contributed by atoms with E-state index in [1.165, 1.54) is 22.5 Å². The highest BCUT2D eigenvalue weighted by Gasteiger charge is 2.23. The number of halogens is 1. The van der Waals surface area contributed by atoms with E-state index in [9.17, 15) is 4.79 Å². The average Bonchev–Trinajstić information content (AvgIpc) is 3.55. The Labute approximate surface area is 232 Å². The van der Waals surface area contributed by atoms with Gasteiger partial charge in [-0.25, -0.2) is 4.98 Å². The van der Waals surface area contributed by atoms with E-state index in [-0.39, 0.29) is 5.91 Å². The zero-order valence-corrected chi connectivity index (χ0v) is 22.8. The Kier molecular flexibility index (Phi) is 7.45. The third-order valence-corrected chi connectivity index (χ3v) is 9.12. The van der Waals surface area contributed by atoms with Gasteiger partial charge in [0.05, 0.1) is 20.8 Å². The molecule has 1 amide bonds. The van der Waals surface area contributed by atoms with Crippen LogP contribution in [0.2, 0.25) is 5.02 Å². The Bertz CT molecular complexity index is 1530. The molecule has 194 valence electrons. The van der Waals surface area contributed by atoms with Gasteiger partial charge in [0.1, 0.15) is 0 Å². The van der Waals surface area contributed by atoms with Gasteiger partial charge in [0.25, 0.3) is 5.91 Å². The third kappa shape index (κ3) is 5.35. The van der Waals surface area contributed by atoms with Crippen LogP contribution < -0.4 is 5.32 Å². The molecule has 5 aromatic rings. The molecular formula is C31H31ClN4OS. The monoisotopic (exact) mass is 542 g/mol. The molecular weight excluding hydrogens is 512 g/mol. The number of likely N-dealkylation sites (tertiary alicyclic amines) is 1. The summed E-state index contributed by atoms with van der Waals surface area (Å²) in [5.41, 5.74) is 3.86. The number of nitrogens with zero attached hydrogens (tertiary/aromatic N) is 3. The van der Waals surface area contributed by atoms with E-state index < -0.39 is 0 Å². The number of aromatic nitrogens is 2. The molecule has 1 saturated heterocycles. The van der Waals surface area contributed by atoms with Gasteiger partial charge < -0.3 is 14.8 Å². The van der Waals surface area contributed by atoms with Crippen molar-refractivity contribution >= 4 is 50.0 Å². The Morgan fingerprint density at radius 2 is 1.74 bits per heavy atom. The number of hydrogen-bond acceptors (Lipinski definition) is 4. The van der Waals surface area contributed by atoms with Gasteiger partial charge in [-0.3, -0.25) is 4.79 Å². The van der Waals surface area contributed by atoms with Gasteiger partial charge in [-0.1, -0.05) is 60.1 Å². The molecule has 0 saturated carbocycles. The maximum Gasteiger partial charge on any atom is 0.253 e. The third-order valence-electron chi connectivity index (χ3n) is 7.55. The van der Waals surface area contributed by atoms with Gasteiger partial charge in [-0.2, -0.15) is 0 Å². The number of thiazole rings is 1. The van der Waals surface area contributed by atoms with Crippen LogP contribution in [0.25, 0.3) is 21.1 Å². The number of carbonyl (C=O) groups excluding carboxylic acids is 1. The molecule has 6 rings (SSSR count). The van der Waals surface area contributed by atoms with Crippen LogP contribution in [0.3, 0.4) is 0 Å². The van der Waals surface area contributed by atoms with Gasteiger partial charge in [0.15, 0.2) is 0 Å². The lowest BCUT2D eigenvalue weighted by Gasteiger charge is -2.31. The van der Waals surface area contributed by atoms with Crippen molar-refractivity contribution < 1.29 is 4.79 Å². The molecule has 1 N–H and O–H groups in total. The lowest BCUT2D eigenvalue weighted by atomic mass is 9.97. The molecule has 0 spiro atoms. The average molecular weight is 543 g/mol. The summed E-state index contributed by atoms with van der Waals surface area (Å²) in [5.74, 6) is 0.501. The largest absolute Gasteiger partial charge is 0.348 e. The molecule has 3 heterocycles. The van der Waals surface area contributed by atoms with Crippen molar-refractivity contribution in [1.29, 1.82) is 0 Å². The van der Waals surface area contributed by atoms with E-state index >= 15 is 0 Å². The molecule has 0 atom stereocenters. The fraction of sp³-hybridized carbons (Fsp3) is 0.290. The summed E-state index contributed by atoms with van der Waals surface area (Å²) < 4.78 is 3.52. The lowest BCUT2D eigenvalue weighted by Crippen LogP contribution is -2.34. The van der Waals surface area contributed by atoms with E-state index in [2.05, 4.69) is 45.1 Å². The Balaban J connectivity index is 1.05. The predicted octanol–water partition coefficient (Wildman–Crippen LogP) is 7.10. The number of amides is 1. The summed E-state index contributed by atoms with van der Waals surface area (Å²) >= 11 is 8.12. The molecule has 38 heavy (non-hydrogen) atoms. The van der Waals surface area contributed by atoms with Crippen LogP contribution in [-0.4, -0.2) is 40.0 Å². The van der Waals surface area contributed by atoms with Crippen LogP contribution in [0.1, 0.15) is 46.1 Å². The van der Waals surface area contributed by atoms with Crippen molar-refractivity contribution in [2.45, 2.75) is 38.3 Å².